The largest absolute Gasteiger partial charge is 0.493 e. The lowest BCUT2D eigenvalue weighted by Gasteiger charge is -2.25. The number of fused-ring (bicyclic) bond motifs is 1. The van der Waals surface area contributed by atoms with Crippen LogP contribution in [0, 0.1) is 0 Å². The van der Waals surface area contributed by atoms with Crippen LogP contribution in [-0.2, 0) is 17.9 Å². The van der Waals surface area contributed by atoms with Crippen molar-refractivity contribution in [2.24, 2.45) is 5.16 Å². The van der Waals surface area contributed by atoms with Crippen molar-refractivity contribution < 1.29 is 14.0 Å². The minimum absolute atomic E-state index is 0.407. The van der Waals surface area contributed by atoms with Gasteiger partial charge in [-0.05, 0) is 76.7 Å². The highest BCUT2D eigenvalue weighted by atomic mass is 16.6. The zero-order chi connectivity index (χ0) is 26.6. The number of nitrogens with zero attached hydrogens (tertiary/aromatic N) is 5. The molecule has 0 atom stereocenters. The van der Waals surface area contributed by atoms with E-state index in [4.69, 9.17) is 14.0 Å². The van der Waals surface area contributed by atoms with E-state index in [1.165, 1.54) is 32.4 Å². The van der Waals surface area contributed by atoms with Gasteiger partial charge in [0.1, 0.15) is 17.9 Å². The van der Waals surface area contributed by atoms with Crippen molar-refractivity contribution in [3.8, 4) is 5.75 Å². The molecule has 9 nitrogen and oxygen atoms in total. The van der Waals surface area contributed by atoms with E-state index < -0.39 is 5.63 Å². The Balaban J connectivity index is 1.14. The number of benzene rings is 1. The first-order valence-corrected chi connectivity index (χ1v) is 14.1. The number of rotatable bonds is 15. The fourth-order valence-corrected chi connectivity index (χ4v) is 4.62. The molecule has 2 aromatic heterocycles. The topological polar surface area (TPSA) is 95.0 Å². The van der Waals surface area contributed by atoms with Crippen LogP contribution in [-0.4, -0.2) is 51.9 Å². The highest BCUT2D eigenvalue weighted by Crippen LogP contribution is 2.21. The molecule has 3 heterocycles. The Hall–Kier alpha value is -3.20. The molecule has 3 aromatic rings. The maximum Gasteiger partial charge on any atom is 0.345 e. The molecule has 0 radical (unpaired) electrons. The second-order valence-electron chi connectivity index (χ2n) is 10.1. The molecule has 0 saturated carbocycles. The number of aromatic nitrogens is 3. The lowest BCUT2D eigenvalue weighted by molar-refractivity contribution is 0.139. The second-order valence-corrected chi connectivity index (χ2v) is 10.1. The fraction of sp³-hybridized carbons (Fsp3) is 0.586. The quantitative estimate of drug-likeness (QED) is 0.112. The van der Waals surface area contributed by atoms with Crippen molar-refractivity contribution in [2.45, 2.75) is 84.7 Å². The van der Waals surface area contributed by atoms with Crippen LogP contribution < -0.4 is 10.4 Å². The molecule has 1 aliphatic rings. The molecule has 0 aliphatic carbocycles. The predicted molar refractivity (Wildman–Crippen MR) is 149 cm³/mol. The maximum atomic E-state index is 12.5. The van der Waals surface area contributed by atoms with E-state index in [-0.39, 0.29) is 0 Å². The van der Waals surface area contributed by atoms with Gasteiger partial charge >= 0.3 is 5.63 Å². The zero-order valence-corrected chi connectivity index (χ0v) is 22.9. The number of oxime groups is 1. The minimum Gasteiger partial charge on any atom is -0.493 e. The third-order valence-corrected chi connectivity index (χ3v) is 6.86. The van der Waals surface area contributed by atoms with E-state index in [0.29, 0.717) is 35.8 Å². The van der Waals surface area contributed by atoms with Crippen molar-refractivity contribution >= 4 is 16.7 Å². The molecular formula is C29H41N5O4. The molecule has 1 fully saturated rings. The SMILES string of the molecule is CCCCOc1ccc2cc(/C(C)=N/OCCCCCCn3cc(CN4CCCCC4)nn3)c(=O)oc2c1. The third kappa shape index (κ3) is 8.41. The van der Waals surface area contributed by atoms with E-state index in [1.54, 1.807) is 19.1 Å². The summed E-state index contributed by atoms with van der Waals surface area (Å²) in [7, 11) is 0. The van der Waals surface area contributed by atoms with Crippen molar-refractivity contribution in [2.75, 3.05) is 26.3 Å². The summed E-state index contributed by atoms with van der Waals surface area (Å²) < 4.78 is 13.2. The van der Waals surface area contributed by atoms with Crippen molar-refractivity contribution in [1.82, 2.24) is 19.9 Å². The lowest BCUT2D eigenvalue weighted by Crippen LogP contribution is -2.29. The van der Waals surface area contributed by atoms with Crippen molar-refractivity contribution in [1.29, 1.82) is 0 Å². The molecule has 38 heavy (non-hydrogen) atoms. The average Bonchev–Trinajstić information content (AvgIpc) is 3.37. The van der Waals surface area contributed by atoms with Crippen molar-refractivity contribution in [3.05, 3.63) is 52.1 Å². The van der Waals surface area contributed by atoms with Gasteiger partial charge in [-0.2, -0.15) is 0 Å². The van der Waals surface area contributed by atoms with Gasteiger partial charge in [0, 0.05) is 30.7 Å². The molecule has 1 aliphatic heterocycles. The number of ether oxygens (including phenoxy) is 1. The van der Waals surface area contributed by atoms with Crippen LogP contribution in [0.3, 0.4) is 0 Å². The summed E-state index contributed by atoms with van der Waals surface area (Å²) in [4.78, 5) is 20.5. The molecular weight excluding hydrogens is 482 g/mol. The first-order valence-electron chi connectivity index (χ1n) is 14.1. The van der Waals surface area contributed by atoms with Crippen molar-refractivity contribution in [3.63, 3.8) is 0 Å². The first-order chi connectivity index (χ1) is 18.6. The van der Waals surface area contributed by atoms with Crippen LogP contribution in [0.5, 0.6) is 5.75 Å². The summed E-state index contributed by atoms with van der Waals surface area (Å²) in [5, 5.41) is 13.6. The Morgan fingerprint density at radius 1 is 1.05 bits per heavy atom. The van der Waals surface area contributed by atoms with Gasteiger partial charge in [0.05, 0.1) is 23.6 Å². The molecule has 0 N–H and O–H groups in total. The summed E-state index contributed by atoms with van der Waals surface area (Å²) in [6.07, 6.45) is 12.2. The summed E-state index contributed by atoms with van der Waals surface area (Å²) in [5.41, 5.74) is 2.06. The van der Waals surface area contributed by atoms with Gasteiger partial charge in [0.15, 0.2) is 0 Å². The standard InChI is InChI=1S/C29H41N5O4/c1-3-4-17-36-26-13-12-24-19-27(29(35)38-28(24)20-26)23(2)31-37-18-11-6-5-10-16-34-22-25(30-32-34)21-33-14-8-7-9-15-33/h12-13,19-20,22H,3-11,14-18,21H2,1-2H3/b31-23+. The summed E-state index contributed by atoms with van der Waals surface area (Å²) in [6, 6.07) is 7.34. The Morgan fingerprint density at radius 3 is 2.74 bits per heavy atom. The third-order valence-electron chi connectivity index (χ3n) is 6.86. The Labute approximate surface area is 224 Å². The lowest BCUT2D eigenvalue weighted by atomic mass is 10.1. The van der Waals surface area contributed by atoms with Crippen LogP contribution in [0.1, 0.15) is 82.9 Å². The van der Waals surface area contributed by atoms with Gasteiger partial charge in [-0.1, -0.05) is 36.6 Å². The predicted octanol–water partition coefficient (Wildman–Crippen LogP) is 5.55. The number of aryl methyl sites for hydroxylation is 1. The minimum atomic E-state index is -0.430. The summed E-state index contributed by atoms with van der Waals surface area (Å²) in [6.45, 7) is 9.17. The van der Waals surface area contributed by atoms with E-state index in [0.717, 1.165) is 62.7 Å². The highest BCUT2D eigenvalue weighted by Gasteiger charge is 2.13. The number of hydrogen-bond donors (Lipinski definition) is 0. The number of unbranched alkanes of at least 4 members (excludes halogenated alkanes) is 4. The number of hydrogen-bond acceptors (Lipinski definition) is 8. The maximum absolute atomic E-state index is 12.5. The van der Waals surface area contributed by atoms with Gasteiger partial charge in [0.2, 0.25) is 0 Å². The van der Waals surface area contributed by atoms with Crippen LogP contribution in [0.25, 0.3) is 11.0 Å². The molecule has 0 spiro atoms. The molecule has 9 heteroatoms. The van der Waals surface area contributed by atoms with Gasteiger partial charge in [-0.15, -0.1) is 5.10 Å². The molecule has 0 amide bonds. The van der Waals surface area contributed by atoms with Gasteiger partial charge in [-0.25, -0.2) is 4.79 Å². The zero-order valence-electron chi connectivity index (χ0n) is 22.9. The van der Waals surface area contributed by atoms with Crippen LogP contribution in [0.2, 0.25) is 0 Å². The monoisotopic (exact) mass is 523 g/mol. The van der Waals surface area contributed by atoms with Crippen LogP contribution in [0.4, 0.5) is 0 Å². The highest BCUT2D eigenvalue weighted by molar-refractivity contribution is 6.00. The smallest absolute Gasteiger partial charge is 0.345 e. The molecule has 4 rings (SSSR count). The number of likely N-dealkylation sites (tertiary alicyclic amines) is 1. The van der Waals surface area contributed by atoms with E-state index in [2.05, 4.69) is 33.5 Å². The first kappa shape index (κ1) is 27.8. The Kier molecular flexibility index (Phi) is 10.7. The molecule has 1 saturated heterocycles. The Morgan fingerprint density at radius 2 is 1.89 bits per heavy atom. The van der Waals surface area contributed by atoms with Crippen LogP contribution in [0.15, 0.2) is 44.8 Å². The second kappa shape index (κ2) is 14.7. The normalized spacial score (nSPS) is 14.7. The van der Waals surface area contributed by atoms with E-state index in [9.17, 15) is 4.79 Å². The molecule has 0 bridgehead atoms. The molecule has 1 aromatic carbocycles. The Bertz CT molecular complexity index is 1230. The van der Waals surface area contributed by atoms with E-state index >= 15 is 0 Å². The number of piperidine rings is 1. The van der Waals surface area contributed by atoms with Gasteiger partial charge < -0.3 is 14.0 Å². The van der Waals surface area contributed by atoms with Gasteiger partial charge in [0.25, 0.3) is 0 Å². The fourth-order valence-electron chi connectivity index (χ4n) is 4.62. The summed E-state index contributed by atoms with van der Waals surface area (Å²) >= 11 is 0. The summed E-state index contributed by atoms with van der Waals surface area (Å²) in [5.74, 6) is 0.703. The van der Waals surface area contributed by atoms with Gasteiger partial charge in [-0.3, -0.25) is 9.58 Å². The van der Waals surface area contributed by atoms with Crippen LogP contribution >= 0.6 is 0 Å². The average molecular weight is 524 g/mol. The molecule has 0 unspecified atom stereocenters. The van der Waals surface area contributed by atoms with E-state index in [1.807, 2.05) is 16.8 Å². The molecule has 206 valence electrons.